The minimum absolute atomic E-state index is 0.0590. The Labute approximate surface area is 154 Å². The second kappa shape index (κ2) is 7.04. The Morgan fingerprint density at radius 2 is 2.08 bits per heavy atom. The number of hydrazine groups is 2. The maximum Gasteiger partial charge on any atom is 0.224 e. The molecule has 2 fully saturated rings. The van der Waals surface area contributed by atoms with Gasteiger partial charge >= 0.3 is 0 Å². The highest BCUT2D eigenvalue weighted by Gasteiger charge is 2.36. The van der Waals surface area contributed by atoms with Gasteiger partial charge in [0.1, 0.15) is 0 Å². The highest BCUT2D eigenvalue weighted by molar-refractivity contribution is 6.34. The number of hydrogen-bond acceptors (Lipinski definition) is 4. The molecule has 3 aliphatic rings. The number of para-hydroxylation sites is 1. The monoisotopic (exact) mass is 362 g/mol. The zero-order valence-corrected chi connectivity index (χ0v) is 15.6. The first-order valence-corrected chi connectivity index (χ1v) is 9.92. The number of hydrogen-bond donors (Lipinski definition) is 2. The third-order valence-electron chi connectivity index (χ3n) is 6.03. The van der Waals surface area contributed by atoms with Crippen molar-refractivity contribution in [2.45, 2.75) is 64.0 Å². The van der Waals surface area contributed by atoms with Crippen molar-refractivity contribution in [3.05, 3.63) is 23.2 Å². The molecule has 1 aromatic carbocycles. The largest absolute Gasteiger partial charge is 0.339 e. The minimum Gasteiger partial charge on any atom is -0.339 e. The molecule has 1 aromatic rings. The minimum atomic E-state index is 0.0590. The van der Waals surface area contributed by atoms with Crippen LogP contribution in [0.1, 0.15) is 51.9 Å². The van der Waals surface area contributed by atoms with Crippen LogP contribution in [0.5, 0.6) is 0 Å². The Kier molecular flexibility index (Phi) is 4.78. The fourth-order valence-electron chi connectivity index (χ4n) is 4.76. The Hall–Kier alpha value is -1.46. The summed E-state index contributed by atoms with van der Waals surface area (Å²) >= 11 is 6.24. The van der Waals surface area contributed by atoms with Crippen molar-refractivity contribution in [1.29, 1.82) is 0 Å². The highest BCUT2D eigenvalue weighted by atomic mass is 35.5. The van der Waals surface area contributed by atoms with Crippen LogP contribution in [0.4, 0.5) is 11.4 Å². The normalized spacial score (nSPS) is 26.6. The van der Waals surface area contributed by atoms with E-state index in [1.807, 2.05) is 23.2 Å². The number of fused-ring (bicyclic) bond motifs is 2. The van der Waals surface area contributed by atoms with Gasteiger partial charge in [-0.2, -0.15) is 0 Å². The zero-order chi connectivity index (χ0) is 17.4. The molecule has 0 radical (unpaired) electrons. The van der Waals surface area contributed by atoms with E-state index in [4.69, 9.17) is 11.6 Å². The number of amides is 1. The third kappa shape index (κ3) is 3.20. The molecule has 0 bridgehead atoms. The Balaban J connectivity index is 1.44. The van der Waals surface area contributed by atoms with Gasteiger partial charge in [-0.1, -0.05) is 30.5 Å². The number of anilines is 2. The van der Waals surface area contributed by atoms with Crippen molar-refractivity contribution in [1.82, 2.24) is 10.4 Å². The van der Waals surface area contributed by atoms with Crippen LogP contribution in [0.25, 0.3) is 0 Å². The molecule has 0 spiro atoms. The van der Waals surface area contributed by atoms with Crippen LogP contribution in [0.3, 0.4) is 0 Å². The van der Waals surface area contributed by atoms with Gasteiger partial charge in [-0.15, -0.1) is 5.53 Å². The van der Waals surface area contributed by atoms with E-state index in [0.717, 1.165) is 30.3 Å². The van der Waals surface area contributed by atoms with Crippen LogP contribution in [-0.2, 0) is 4.79 Å². The van der Waals surface area contributed by atoms with E-state index in [-0.39, 0.29) is 6.04 Å². The van der Waals surface area contributed by atoms with Gasteiger partial charge in [0.15, 0.2) is 0 Å². The lowest BCUT2D eigenvalue weighted by Crippen LogP contribution is -2.52. The van der Waals surface area contributed by atoms with Crippen molar-refractivity contribution < 1.29 is 4.79 Å². The first kappa shape index (κ1) is 17.0. The molecular weight excluding hydrogens is 336 g/mol. The summed E-state index contributed by atoms with van der Waals surface area (Å²) in [7, 11) is 0. The average Bonchev–Trinajstić information content (AvgIpc) is 3.07. The number of carbonyl (C=O) groups excluding carboxylic acids is 1. The predicted molar refractivity (Wildman–Crippen MR) is 101 cm³/mol. The number of benzene rings is 1. The smallest absolute Gasteiger partial charge is 0.224 e. The Bertz CT molecular complexity index is 650. The fraction of sp³-hybridized carbons (Fsp3) is 0.632. The average molecular weight is 363 g/mol. The zero-order valence-electron chi connectivity index (χ0n) is 14.8. The molecule has 1 saturated heterocycles. The van der Waals surface area contributed by atoms with Crippen LogP contribution in [0.15, 0.2) is 18.2 Å². The van der Waals surface area contributed by atoms with Crippen molar-refractivity contribution in [2.24, 2.45) is 5.92 Å². The van der Waals surface area contributed by atoms with Crippen molar-refractivity contribution >= 4 is 28.9 Å². The second-order valence-electron chi connectivity index (χ2n) is 7.64. The van der Waals surface area contributed by atoms with Gasteiger partial charge in [-0.25, -0.2) is 0 Å². The van der Waals surface area contributed by atoms with Gasteiger partial charge in [0, 0.05) is 19.0 Å². The van der Waals surface area contributed by atoms with E-state index in [2.05, 4.69) is 22.8 Å². The molecule has 136 valence electrons. The maximum absolute atomic E-state index is 13.0. The first-order chi connectivity index (χ1) is 12.1. The quantitative estimate of drug-likeness (QED) is 0.854. The molecular formula is C19H27ClN4O. The topological polar surface area (TPSA) is 47.6 Å². The molecule has 0 aromatic heterocycles. The van der Waals surface area contributed by atoms with Crippen LogP contribution in [0, 0.1) is 5.92 Å². The van der Waals surface area contributed by atoms with E-state index in [1.54, 1.807) is 0 Å². The number of carbonyl (C=O) groups is 1. The lowest BCUT2D eigenvalue weighted by atomic mass is 9.78. The van der Waals surface area contributed by atoms with Crippen LogP contribution < -0.4 is 16.0 Å². The molecule has 2 aliphatic heterocycles. The number of piperidine rings is 1. The second-order valence-corrected chi connectivity index (χ2v) is 8.04. The summed E-state index contributed by atoms with van der Waals surface area (Å²) in [5, 5.41) is 2.70. The molecule has 1 aliphatic carbocycles. The van der Waals surface area contributed by atoms with Crippen molar-refractivity contribution in [3.8, 4) is 0 Å². The molecule has 6 heteroatoms. The van der Waals surface area contributed by atoms with E-state index in [1.165, 1.54) is 32.1 Å². The summed E-state index contributed by atoms with van der Waals surface area (Å²) in [5.41, 5.74) is 8.16. The van der Waals surface area contributed by atoms with E-state index in [0.29, 0.717) is 23.4 Å². The summed E-state index contributed by atoms with van der Waals surface area (Å²) in [6.07, 6.45) is 8.06. The number of likely N-dealkylation sites (tertiary alicyclic amines) is 1. The predicted octanol–water partition coefficient (Wildman–Crippen LogP) is 3.95. The van der Waals surface area contributed by atoms with Gasteiger partial charge in [0.25, 0.3) is 0 Å². The van der Waals surface area contributed by atoms with Crippen LogP contribution in [-0.4, -0.2) is 29.4 Å². The van der Waals surface area contributed by atoms with E-state index in [9.17, 15) is 4.79 Å². The summed E-state index contributed by atoms with van der Waals surface area (Å²) < 4.78 is 0. The number of halogens is 1. The molecule has 25 heavy (non-hydrogen) atoms. The van der Waals surface area contributed by atoms with Gasteiger partial charge in [-0.05, 0) is 50.7 Å². The first-order valence-electron chi connectivity index (χ1n) is 9.54. The number of nitrogens with one attached hydrogen (secondary N) is 2. The lowest BCUT2D eigenvalue weighted by Gasteiger charge is -2.44. The molecule has 3 atom stereocenters. The molecule has 2 N–H and O–H groups in total. The molecule has 3 unspecified atom stereocenters. The summed E-state index contributed by atoms with van der Waals surface area (Å²) in [6, 6.07) is 6.37. The molecule has 4 rings (SSSR count). The fourth-order valence-corrected chi connectivity index (χ4v) is 4.97. The SMILES string of the molecule is CC(CC(=O)N1CCCC2CCCCC21)N1NNc2c(Cl)cccc21. The Morgan fingerprint density at radius 3 is 2.96 bits per heavy atom. The number of nitrogens with zero attached hydrogens (tertiary/aromatic N) is 2. The summed E-state index contributed by atoms with van der Waals surface area (Å²) in [5.74, 6) is 1.02. The van der Waals surface area contributed by atoms with Crippen molar-refractivity contribution in [2.75, 3.05) is 17.0 Å². The van der Waals surface area contributed by atoms with Gasteiger partial charge < -0.3 is 10.3 Å². The standard InChI is InChI=1S/C19H27ClN4O/c1-13(24-17-10-4-8-15(20)19(17)21-22-24)12-18(25)23-11-5-7-14-6-2-3-9-16(14)23/h4,8,10,13-14,16,21-22H,2-3,5-7,9,11-12H2,1H3. The van der Waals surface area contributed by atoms with Crippen LogP contribution >= 0.6 is 11.6 Å². The van der Waals surface area contributed by atoms with Gasteiger partial charge in [0.2, 0.25) is 5.91 Å². The third-order valence-corrected chi connectivity index (χ3v) is 6.34. The molecule has 1 saturated carbocycles. The molecule has 5 nitrogen and oxygen atoms in total. The summed E-state index contributed by atoms with van der Waals surface area (Å²) in [6.45, 7) is 3.02. The van der Waals surface area contributed by atoms with Gasteiger partial charge in [0.05, 0.1) is 22.4 Å². The lowest BCUT2D eigenvalue weighted by molar-refractivity contribution is -0.137. The Morgan fingerprint density at radius 1 is 1.28 bits per heavy atom. The summed E-state index contributed by atoms with van der Waals surface area (Å²) in [4.78, 5) is 15.2. The van der Waals surface area contributed by atoms with E-state index >= 15 is 0 Å². The highest BCUT2D eigenvalue weighted by Crippen LogP contribution is 2.38. The van der Waals surface area contributed by atoms with E-state index < -0.39 is 0 Å². The van der Waals surface area contributed by atoms with Gasteiger partial charge in [-0.3, -0.25) is 9.80 Å². The number of rotatable bonds is 3. The van der Waals surface area contributed by atoms with Crippen molar-refractivity contribution in [3.63, 3.8) is 0 Å². The molecule has 1 amide bonds. The molecule has 2 heterocycles. The maximum atomic E-state index is 13.0. The van der Waals surface area contributed by atoms with Crippen LogP contribution in [0.2, 0.25) is 5.02 Å².